The molecule has 1 heterocycles. The van der Waals surface area contributed by atoms with Gasteiger partial charge in [0, 0.05) is 19.1 Å². The van der Waals surface area contributed by atoms with Crippen molar-refractivity contribution in [3.05, 3.63) is 0 Å². The molecule has 0 aromatic carbocycles. The fourth-order valence-electron chi connectivity index (χ4n) is 2.09. The Hall–Kier alpha value is -1.79. The Morgan fingerprint density at radius 2 is 1.95 bits per heavy atom. The van der Waals surface area contributed by atoms with Crippen LogP contribution in [0.25, 0.3) is 0 Å². The van der Waals surface area contributed by atoms with Crippen molar-refractivity contribution in [3.63, 3.8) is 0 Å². The number of aliphatic carboxylic acids is 1. The zero-order valence-electron chi connectivity index (χ0n) is 11.5. The first-order valence-electron chi connectivity index (χ1n) is 6.36. The summed E-state index contributed by atoms with van der Waals surface area (Å²) in [6, 6.07) is -0.373. The molecule has 1 fully saturated rings. The molecule has 0 aliphatic carbocycles. The van der Waals surface area contributed by atoms with Crippen molar-refractivity contribution < 1.29 is 19.5 Å². The predicted octanol–water partition coefficient (Wildman–Crippen LogP) is -0.127. The lowest BCUT2D eigenvalue weighted by Crippen LogP contribution is -2.45. The summed E-state index contributed by atoms with van der Waals surface area (Å²) < 4.78 is 0. The van der Waals surface area contributed by atoms with E-state index in [1.807, 2.05) is 13.8 Å². The number of carbonyl (C=O) groups is 3. The molecule has 19 heavy (non-hydrogen) atoms. The van der Waals surface area contributed by atoms with Gasteiger partial charge in [-0.15, -0.1) is 0 Å². The van der Waals surface area contributed by atoms with E-state index in [1.54, 1.807) is 6.92 Å². The van der Waals surface area contributed by atoms with E-state index < -0.39 is 17.9 Å². The highest BCUT2D eigenvalue weighted by molar-refractivity contribution is 5.84. The van der Waals surface area contributed by atoms with Gasteiger partial charge in [0.1, 0.15) is 0 Å². The molecule has 0 spiro atoms. The molecule has 3 amide bonds. The minimum Gasteiger partial charge on any atom is -0.481 e. The smallest absolute Gasteiger partial charge is 0.317 e. The third-order valence-electron chi connectivity index (χ3n) is 3.07. The molecule has 1 rings (SSSR count). The van der Waals surface area contributed by atoms with E-state index in [2.05, 4.69) is 10.6 Å². The fourth-order valence-corrected chi connectivity index (χ4v) is 2.09. The highest BCUT2D eigenvalue weighted by Crippen LogP contribution is 2.22. The van der Waals surface area contributed by atoms with Gasteiger partial charge < -0.3 is 20.6 Å². The number of carboxylic acids is 1. The first-order chi connectivity index (χ1) is 8.81. The van der Waals surface area contributed by atoms with Crippen molar-refractivity contribution in [2.75, 3.05) is 19.6 Å². The van der Waals surface area contributed by atoms with E-state index in [4.69, 9.17) is 5.11 Å². The number of nitrogens with one attached hydrogen (secondary N) is 2. The molecule has 1 saturated heterocycles. The molecular formula is C12H21N3O4. The Kier molecular flexibility index (Phi) is 5.14. The van der Waals surface area contributed by atoms with Crippen LogP contribution in [0.4, 0.5) is 4.79 Å². The maximum atomic E-state index is 11.8. The van der Waals surface area contributed by atoms with Crippen LogP contribution in [-0.2, 0) is 9.59 Å². The van der Waals surface area contributed by atoms with Crippen molar-refractivity contribution in [1.29, 1.82) is 0 Å². The van der Waals surface area contributed by atoms with Crippen LogP contribution in [0.2, 0.25) is 0 Å². The minimum absolute atomic E-state index is 0.0209. The summed E-state index contributed by atoms with van der Waals surface area (Å²) >= 11 is 0. The summed E-state index contributed by atoms with van der Waals surface area (Å²) in [5.74, 6) is -1.76. The van der Waals surface area contributed by atoms with E-state index in [-0.39, 0.29) is 31.0 Å². The summed E-state index contributed by atoms with van der Waals surface area (Å²) in [7, 11) is 0. The van der Waals surface area contributed by atoms with Gasteiger partial charge in [-0.3, -0.25) is 9.59 Å². The van der Waals surface area contributed by atoms with Gasteiger partial charge in [-0.2, -0.15) is 0 Å². The monoisotopic (exact) mass is 271 g/mol. The fraction of sp³-hybridized carbons (Fsp3) is 0.750. The minimum atomic E-state index is -0.889. The van der Waals surface area contributed by atoms with Crippen molar-refractivity contribution in [1.82, 2.24) is 15.5 Å². The molecule has 7 nitrogen and oxygen atoms in total. The van der Waals surface area contributed by atoms with Crippen LogP contribution in [0.1, 0.15) is 20.8 Å². The molecule has 7 heteroatoms. The Labute approximate surface area is 112 Å². The molecule has 3 N–H and O–H groups in total. The van der Waals surface area contributed by atoms with E-state index >= 15 is 0 Å². The Morgan fingerprint density at radius 1 is 1.32 bits per heavy atom. The van der Waals surface area contributed by atoms with Crippen molar-refractivity contribution in [2.24, 2.45) is 11.8 Å². The van der Waals surface area contributed by atoms with Gasteiger partial charge >= 0.3 is 12.0 Å². The number of rotatable bonds is 4. The summed E-state index contributed by atoms with van der Waals surface area (Å²) in [5.41, 5.74) is 0. The molecule has 0 saturated carbocycles. The van der Waals surface area contributed by atoms with Gasteiger partial charge in [-0.05, 0) is 19.8 Å². The standard InChI is InChI=1S/C12H21N3O4/c1-7(2)14-10(16)4-13-12(19)15-5-8(3)9(6-15)11(17)18/h7-9H,4-6H2,1-3H3,(H,13,19)(H,14,16)(H,17,18). The van der Waals surface area contributed by atoms with Crippen molar-refractivity contribution in [3.8, 4) is 0 Å². The van der Waals surface area contributed by atoms with Crippen LogP contribution in [0.5, 0.6) is 0 Å². The zero-order chi connectivity index (χ0) is 14.6. The van der Waals surface area contributed by atoms with Crippen LogP contribution >= 0.6 is 0 Å². The normalized spacial score (nSPS) is 22.4. The van der Waals surface area contributed by atoms with Crippen LogP contribution in [0.15, 0.2) is 0 Å². The van der Waals surface area contributed by atoms with E-state index in [1.165, 1.54) is 4.90 Å². The number of urea groups is 1. The third kappa shape index (κ3) is 4.42. The number of hydrogen-bond acceptors (Lipinski definition) is 3. The zero-order valence-corrected chi connectivity index (χ0v) is 11.5. The highest BCUT2D eigenvalue weighted by atomic mass is 16.4. The average Bonchev–Trinajstić information content (AvgIpc) is 2.67. The van der Waals surface area contributed by atoms with Gasteiger partial charge in [0.05, 0.1) is 12.5 Å². The van der Waals surface area contributed by atoms with Crippen LogP contribution in [0.3, 0.4) is 0 Å². The van der Waals surface area contributed by atoms with Crippen molar-refractivity contribution in [2.45, 2.75) is 26.8 Å². The quantitative estimate of drug-likeness (QED) is 0.663. The second-order valence-electron chi connectivity index (χ2n) is 5.21. The maximum absolute atomic E-state index is 11.8. The number of carbonyl (C=O) groups excluding carboxylic acids is 2. The summed E-state index contributed by atoms with van der Waals surface area (Å²) in [6.07, 6.45) is 0. The first kappa shape index (κ1) is 15.3. The van der Waals surface area contributed by atoms with Gasteiger partial charge in [-0.25, -0.2) is 4.79 Å². The molecule has 1 aliphatic rings. The van der Waals surface area contributed by atoms with Crippen LogP contribution < -0.4 is 10.6 Å². The third-order valence-corrected chi connectivity index (χ3v) is 3.07. The number of likely N-dealkylation sites (tertiary alicyclic amines) is 1. The molecule has 2 atom stereocenters. The SMILES string of the molecule is CC(C)NC(=O)CNC(=O)N1CC(C)C(C(=O)O)C1. The van der Waals surface area contributed by atoms with E-state index in [9.17, 15) is 14.4 Å². The Bertz CT molecular complexity index is 370. The highest BCUT2D eigenvalue weighted by Gasteiger charge is 2.36. The van der Waals surface area contributed by atoms with Gasteiger partial charge in [0.25, 0.3) is 0 Å². The number of hydrogen-bond donors (Lipinski definition) is 3. The number of nitrogens with zero attached hydrogens (tertiary/aromatic N) is 1. The first-order valence-corrected chi connectivity index (χ1v) is 6.36. The van der Waals surface area contributed by atoms with Crippen LogP contribution in [0, 0.1) is 11.8 Å². The second kappa shape index (κ2) is 6.40. The largest absolute Gasteiger partial charge is 0.481 e. The summed E-state index contributed by atoms with van der Waals surface area (Å²) in [6.45, 7) is 5.96. The van der Waals surface area contributed by atoms with Gasteiger partial charge in [-0.1, -0.05) is 6.92 Å². The lowest BCUT2D eigenvalue weighted by molar-refractivity contribution is -0.142. The molecular weight excluding hydrogens is 250 g/mol. The molecule has 1 aliphatic heterocycles. The number of carboxylic acid groups (broad SMARTS) is 1. The summed E-state index contributed by atoms with van der Waals surface area (Å²) in [5, 5.41) is 14.1. The topological polar surface area (TPSA) is 98.7 Å². The molecule has 108 valence electrons. The molecule has 0 bridgehead atoms. The maximum Gasteiger partial charge on any atom is 0.317 e. The van der Waals surface area contributed by atoms with Crippen molar-refractivity contribution >= 4 is 17.9 Å². The van der Waals surface area contributed by atoms with Crippen LogP contribution in [-0.4, -0.2) is 53.6 Å². The number of amides is 3. The Morgan fingerprint density at radius 3 is 2.42 bits per heavy atom. The van der Waals surface area contributed by atoms with E-state index in [0.717, 1.165) is 0 Å². The second-order valence-corrected chi connectivity index (χ2v) is 5.21. The molecule has 0 aromatic heterocycles. The van der Waals surface area contributed by atoms with Gasteiger partial charge in [0.2, 0.25) is 5.91 Å². The molecule has 0 radical (unpaired) electrons. The molecule has 0 aromatic rings. The van der Waals surface area contributed by atoms with Gasteiger partial charge in [0.15, 0.2) is 0 Å². The average molecular weight is 271 g/mol. The summed E-state index contributed by atoms with van der Waals surface area (Å²) in [4.78, 5) is 35.5. The molecule has 2 unspecified atom stereocenters. The Balaban J connectivity index is 2.39. The lowest BCUT2D eigenvalue weighted by Gasteiger charge is -2.17. The predicted molar refractivity (Wildman–Crippen MR) is 68.5 cm³/mol. The van der Waals surface area contributed by atoms with E-state index in [0.29, 0.717) is 6.54 Å². The lowest BCUT2D eigenvalue weighted by atomic mass is 9.99.